The van der Waals surface area contributed by atoms with Gasteiger partial charge in [0.1, 0.15) is 15.9 Å². The third kappa shape index (κ3) is 2.89. The highest BCUT2D eigenvalue weighted by atomic mass is 32.1. The van der Waals surface area contributed by atoms with Gasteiger partial charge in [0, 0.05) is 23.3 Å². The second-order valence-corrected chi connectivity index (χ2v) is 8.54. The lowest BCUT2D eigenvalue weighted by Crippen LogP contribution is -2.17. The normalized spacial score (nSPS) is 11.3. The zero-order valence-electron chi connectivity index (χ0n) is 15.0. The predicted octanol–water partition coefficient (Wildman–Crippen LogP) is 4.98. The first kappa shape index (κ1) is 17.1. The lowest BCUT2D eigenvalue weighted by atomic mass is 10.2. The number of aryl methyl sites for hydroxylation is 1. The molecule has 4 heterocycles. The highest BCUT2D eigenvalue weighted by Crippen LogP contribution is 2.34. The third-order valence-electron chi connectivity index (χ3n) is 4.63. The summed E-state index contributed by atoms with van der Waals surface area (Å²) in [7, 11) is 0. The quantitative estimate of drug-likeness (QED) is 0.459. The van der Waals surface area contributed by atoms with Gasteiger partial charge in [-0.05, 0) is 36.6 Å². The number of fused-ring (bicyclic) bond motifs is 3. The van der Waals surface area contributed by atoms with Gasteiger partial charge in [-0.2, -0.15) is 0 Å². The van der Waals surface area contributed by atoms with E-state index in [-0.39, 0.29) is 5.56 Å². The molecule has 4 aromatic heterocycles. The third-order valence-corrected chi connectivity index (χ3v) is 6.58. The largest absolute Gasteiger partial charge is 0.379 e. The Morgan fingerprint density at radius 3 is 2.75 bits per heavy atom. The first-order valence-corrected chi connectivity index (χ1v) is 10.5. The first-order chi connectivity index (χ1) is 13.7. The van der Waals surface area contributed by atoms with Gasteiger partial charge < -0.3 is 5.32 Å². The fourth-order valence-corrected chi connectivity index (χ4v) is 4.88. The fourth-order valence-electron chi connectivity index (χ4n) is 3.18. The van der Waals surface area contributed by atoms with E-state index in [4.69, 9.17) is 0 Å². The van der Waals surface area contributed by atoms with Crippen molar-refractivity contribution in [2.24, 2.45) is 0 Å². The van der Waals surface area contributed by atoms with E-state index < -0.39 is 0 Å². The Bertz CT molecular complexity index is 1340. The molecule has 138 valence electrons. The average Bonchev–Trinajstić information content (AvgIpc) is 3.36. The zero-order valence-corrected chi connectivity index (χ0v) is 16.7. The Morgan fingerprint density at radius 1 is 1.11 bits per heavy atom. The molecule has 7 heteroatoms. The van der Waals surface area contributed by atoms with Crippen LogP contribution in [0.4, 0.5) is 5.69 Å². The summed E-state index contributed by atoms with van der Waals surface area (Å²) in [6.07, 6.45) is 3.38. The topological polar surface area (TPSA) is 59.8 Å². The minimum atomic E-state index is -0.0685. The number of nitrogens with zero attached hydrogens (tertiary/aromatic N) is 3. The van der Waals surface area contributed by atoms with Crippen LogP contribution in [0, 0.1) is 6.92 Å². The highest BCUT2D eigenvalue weighted by molar-refractivity contribution is 7.25. The standard InChI is InChI=1S/C21H16N4OS2/c1-13-4-6-14(7-5-13)25-12-24-18-17-16(23-11-15-3-2-10-27-15)8-9-22-20(17)28-19(18)21(25)26/h2-10,12H,11H2,1H3,(H,22,23). The molecule has 5 nitrogen and oxygen atoms in total. The molecule has 0 aliphatic rings. The van der Waals surface area contributed by atoms with Crippen molar-refractivity contribution in [2.75, 3.05) is 5.32 Å². The molecule has 0 fully saturated rings. The van der Waals surface area contributed by atoms with Gasteiger partial charge in [0.2, 0.25) is 0 Å². The summed E-state index contributed by atoms with van der Waals surface area (Å²) in [5, 5.41) is 6.44. The van der Waals surface area contributed by atoms with Gasteiger partial charge in [-0.3, -0.25) is 9.36 Å². The van der Waals surface area contributed by atoms with Crippen LogP contribution in [0.5, 0.6) is 0 Å². The summed E-state index contributed by atoms with van der Waals surface area (Å²) < 4.78 is 2.21. The summed E-state index contributed by atoms with van der Waals surface area (Å²) in [6.45, 7) is 2.75. The first-order valence-electron chi connectivity index (χ1n) is 8.83. The Kier molecular flexibility index (Phi) is 4.18. The molecule has 28 heavy (non-hydrogen) atoms. The Morgan fingerprint density at radius 2 is 1.96 bits per heavy atom. The lowest BCUT2D eigenvalue weighted by Gasteiger charge is -2.07. The molecule has 0 aliphatic heterocycles. The van der Waals surface area contributed by atoms with Crippen molar-refractivity contribution in [1.82, 2.24) is 14.5 Å². The lowest BCUT2D eigenvalue weighted by molar-refractivity contribution is 0.966. The predicted molar refractivity (Wildman–Crippen MR) is 117 cm³/mol. The second-order valence-electron chi connectivity index (χ2n) is 6.51. The van der Waals surface area contributed by atoms with Crippen molar-refractivity contribution in [3.8, 4) is 5.69 Å². The number of pyridine rings is 1. The zero-order chi connectivity index (χ0) is 19.1. The summed E-state index contributed by atoms with van der Waals surface area (Å²) >= 11 is 3.11. The van der Waals surface area contributed by atoms with E-state index in [1.807, 2.05) is 43.3 Å². The van der Waals surface area contributed by atoms with Gasteiger partial charge >= 0.3 is 0 Å². The van der Waals surface area contributed by atoms with Crippen molar-refractivity contribution >= 4 is 48.8 Å². The minimum Gasteiger partial charge on any atom is -0.379 e. The van der Waals surface area contributed by atoms with Crippen LogP contribution in [0.15, 0.2) is 65.2 Å². The summed E-state index contributed by atoms with van der Waals surface area (Å²) in [5.41, 5.74) is 3.55. The van der Waals surface area contributed by atoms with E-state index in [1.54, 1.807) is 28.4 Å². The summed E-state index contributed by atoms with van der Waals surface area (Å²) in [5.74, 6) is 0. The van der Waals surface area contributed by atoms with Gasteiger partial charge in [0.05, 0.1) is 16.6 Å². The van der Waals surface area contributed by atoms with Gasteiger partial charge in [-0.1, -0.05) is 23.8 Å². The molecular formula is C21H16N4OS2. The molecule has 0 saturated heterocycles. The van der Waals surface area contributed by atoms with Crippen molar-refractivity contribution in [3.05, 3.63) is 81.2 Å². The molecule has 5 aromatic rings. The summed E-state index contributed by atoms with van der Waals surface area (Å²) in [6, 6.07) is 13.9. The molecule has 5 rings (SSSR count). The average molecular weight is 405 g/mol. The van der Waals surface area contributed by atoms with Crippen LogP contribution < -0.4 is 10.9 Å². The molecule has 0 amide bonds. The summed E-state index contributed by atoms with van der Waals surface area (Å²) in [4.78, 5) is 24.3. The number of nitrogens with one attached hydrogen (secondary N) is 1. The van der Waals surface area contributed by atoms with Crippen LogP contribution in [0.2, 0.25) is 0 Å². The SMILES string of the molecule is Cc1ccc(-n2cnc3c(sc4nccc(NCc5cccs5)c43)c2=O)cc1. The van der Waals surface area contributed by atoms with E-state index in [2.05, 4.69) is 26.7 Å². The van der Waals surface area contributed by atoms with Crippen LogP contribution in [0.3, 0.4) is 0 Å². The maximum atomic E-state index is 13.1. The van der Waals surface area contributed by atoms with Crippen LogP contribution in [0.25, 0.3) is 26.1 Å². The number of hydrogen-bond acceptors (Lipinski definition) is 6. The Labute approximate surface area is 168 Å². The van der Waals surface area contributed by atoms with E-state index in [9.17, 15) is 4.79 Å². The van der Waals surface area contributed by atoms with Gasteiger partial charge in [-0.25, -0.2) is 9.97 Å². The van der Waals surface area contributed by atoms with Crippen LogP contribution in [0.1, 0.15) is 10.4 Å². The van der Waals surface area contributed by atoms with E-state index in [0.717, 1.165) is 33.7 Å². The molecule has 0 bridgehead atoms. The van der Waals surface area contributed by atoms with E-state index in [1.165, 1.54) is 16.2 Å². The molecule has 1 aromatic carbocycles. The molecular weight excluding hydrogens is 388 g/mol. The molecule has 0 saturated carbocycles. The fraction of sp³-hybridized carbons (Fsp3) is 0.0952. The molecule has 0 radical (unpaired) electrons. The van der Waals surface area contributed by atoms with Gasteiger partial charge in [0.25, 0.3) is 5.56 Å². The van der Waals surface area contributed by atoms with Crippen molar-refractivity contribution in [3.63, 3.8) is 0 Å². The Balaban J connectivity index is 1.64. The number of hydrogen-bond donors (Lipinski definition) is 1. The van der Waals surface area contributed by atoms with E-state index >= 15 is 0 Å². The number of thiophene rings is 2. The molecule has 1 N–H and O–H groups in total. The highest BCUT2D eigenvalue weighted by Gasteiger charge is 2.16. The maximum absolute atomic E-state index is 13.1. The van der Waals surface area contributed by atoms with Crippen molar-refractivity contribution in [2.45, 2.75) is 13.5 Å². The van der Waals surface area contributed by atoms with Crippen LogP contribution >= 0.6 is 22.7 Å². The minimum absolute atomic E-state index is 0.0685. The molecule has 0 spiro atoms. The Hall–Kier alpha value is -3.03. The van der Waals surface area contributed by atoms with Crippen molar-refractivity contribution < 1.29 is 0 Å². The molecule has 0 atom stereocenters. The molecule has 0 aliphatic carbocycles. The van der Waals surface area contributed by atoms with Crippen LogP contribution in [-0.2, 0) is 6.54 Å². The number of benzene rings is 1. The number of rotatable bonds is 4. The van der Waals surface area contributed by atoms with Crippen LogP contribution in [-0.4, -0.2) is 14.5 Å². The smallest absolute Gasteiger partial charge is 0.275 e. The molecule has 0 unspecified atom stereocenters. The monoisotopic (exact) mass is 404 g/mol. The second kappa shape index (κ2) is 6.85. The van der Waals surface area contributed by atoms with Gasteiger partial charge in [0.15, 0.2) is 0 Å². The van der Waals surface area contributed by atoms with E-state index in [0.29, 0.717) is 10.2 Å². The van der Waals surface area contributed by atoms with Gasteiger partial charge in [-0.15, -0.1) is 22.7 Å². The van der Waals surface area contributed by atoms with Crippen molar-refractivity contribution in [1.29, 1.82) is 0 Å². The maximum Gasteiger partial charge on any atom is 0.275 e. The number of aromatic nitrogens is 3. The number of anilines is 1.